The molecule has 1 atom stereocenters. The zero-order valence-corrected chi connectivity index (χ0v) is 14.6. The minimum Gasteiger partial charge on any atom is -0.340 e. The molecule has 0 saturated heterocycles. The molecule has 2 aromatic rings. The lowest BCUT2D eigenvalue weighted by Gasteiger charge is -2.22. The van der Waals surface area contributed by atoms with Crippen LogP contribution in [0.2, 0.25) is 0 Å². The van der Waals surface area contributed by atoms with Gasteiger partial charge in [0.2, 0.25) is 5.91 Å². The number of carbonyl (C=O) groups is 2. The SMILES string of the molecule is Cc1cccc(NC(=O)C(NC(=O)c2cccc(C)c2)C(C)C)c1. The van der Waals surface area contributed by atoms with E-state index in [0.717, 1.165) is 16.8 Å². The zero-order chi connectivity index (χ0) is 17.7. The van der Waals surface area contributed by atoms with Crippen LogP contribution in [-0.2, 0) is 4.79 Å². The third kappa shape index (κ3) is 4.69. The number of amides is 2. The molecule has 0 aliphatic rings. The van der Waals surface area contributed by atoms with Crippen molar-refractivity contribution in [2.75, 3.05) is 5.32 Å². The highest BCUT2D eigenvalue weighted by Crippen LogP contribution is 2.13. The van der Waals surface area contributed by atoms with Crippen LogP contribution in [0.25, 0.3) is 0 Å². The van der Waals surface area contributed by atoms with Crippen molar-refractivity contribution >= 4 is 17.5 Å². The van der Waals surface area contributed by atoms with Gasteiger partial charge in [-0.3, -0.25) is 9.59 Å². The Morgan fingerprint density at radius 3 is 2.12 bits per heavy atom. The molecule has 2 N–H and O–H groups in total. The molecule has 0 aliphatic heterocycles. The number of rotatable bonds is 5. The van der Waals surface area contributed by atoms with Crippen LogP contribution in [0.1, 0.15) is 35.3 Å². The molecule has 0 aromatic heterocycles. The predicted molar refractivity (Wildman–Crippen MR) is 97.1 cm³/mol. The molecule has 24 heavy (non-hydrogen) atoms. The average molecular weight is 324 g/mol. The molecule has 4 heteroatoms. The highest BCUT2D eigenvalue weighted by molar-refractivity contribution is 6.01. The quantitative estimate of drug-likeness (QED) is 0.881. The van der Waals surface area contributed by atoms with E-state index in [1.165, 1.54) is 0 Å². The molecule has 2 rings (SSSR count). The molecule has 0 spiro atoms. The second-order valence-electron chi connectivity index (χ2n) is 6.42. The van der Waals surface area contributed by atoms with Crippen LogP contribution in [0, 0.1) is 19.8 Å². The summed E-state index contributed by atoms with van der Waals surface area (Å²) in [5.74, 6) is -0.475. The molecule has 2 amide bonds. The third-order valence-electron chi connectivity index (χ3n) is 3.80. The van der Waals surface area contributed by atoms with Gasteiger partial charge in [0.15, 0.2) is 0 Å². The Morgan fingerprint density at radius 1 is 0.917 bits per heavy atom. The largest absolute Gasteiger partial charge is 0.340 e. The van der Waals surface area contributed by atoms with Crippen molar-refractivity contribution in [3.05, 3.63) is 65.2 Å². The van der Waals surface area contributed by atoms with Crippen LogP contribution in [0.15, 0.2) is 48.5 Å². The first kappa shape index (κ1) is 17.7. The number of carbonyl (C=O) groups excluding carboxylic acids is 2. The van der Waals surface area contributed by atoms with Gasteiger partial charge in [0.05, 0.1) is 0 Å². The maximum Gasteiger partial charge on any atom is 0.251 e. The minimum atomic E-state index is -0.599. The second-order valence-corrected chi connectivity index (χ2v) is 6.42. The van der Waals surface area contributed by atoms with E-state index in [4.69, 9.17) is 0 Å². The Morgan fingerprint density at radius 2 is 1.54 bits per heavy atom. The fourth-order valence-electron chi connectivity index (χ4n) is 2.49. The summed E-state index contributed by atoms with van der Waals surface area (Å²) < 4.78 is 0. The molecule has 4 nitrogen and oxygen atoms in total. The summed E-state index contributed by atoms with van der Waals surface area (Å²) in [7, 11) is 0. The summed E-state index contributed by atoms with van der Waals surface area (Å²) in [5.41, 5.74) is 3.37. The van der Waals surface area contributed by atoms with E-state index in [1.54, 1.807) is 6.07 Å². The van der Waals surface area contributed by atoms with Gasteiger partial charge in [0, 0.05) is 11.3 Å². The molecule has 2 aromatic carbocycles. The van der Waals surface area contributed by atoms with Crippen molar-refractivity contribution in [3.63, 3.8) is 0 Å². The van der Waals surface area contributed by atoms with Gasteiger partial charge in [0.25, 0.3) is 5.91 Å². The Bertz CT molecular complexity index is 738. The predicted octanol–water partition coefficient (Wildman–Crippen LogP) is 3.70. The third-order valence-corrected chi connectivity index (χ3v) is 3.80. The van der Waals surface area contributed by atoms with E-state index in [2.05, 4.69) is 10.6 Å². The topological polar surface area (TPSA) is 58.2 Å². The summed E-state index contributed by atoms with van der Waals surface area (Å²) in [6.45, 7) is 7.73. The van der Waals surface area contributed by atoms with Crippen molar-refractivity contribution in [3.8, 4) is 0 Å². The minimum absolute atomic E-state index is 0.0245. The van der Waals surface area contributed by atoms with Crippen LogP contribution in [0.4, 0.5) is 5.69 Å². The summed E-state index contributed by atoms with van der Waals surface area (Å²) >= 11 is 0. The van der Waals surface area contributed by atoms with E-state index < -0.39 is 6.04 Å². The first-order chi connectivity index (χ1) is 11.4. The number of hydrogen-bond acceptors (Lipinski definition) is 2. The van der Waals surface area contributed by atoms with Gasteiger partial charge in [-0.25, -0.2) is 0 Å². The van der Waals surface area contributed by atoms with E-state index in [-0.39, 0.29) is 17.7 Å². The van der Waals surface area contributed by atoms with Crippen molar-refractivity contribution in [2.45, 2.75) is 33.7 Å². The second kappa shape index (κ2) is 7.77. The van der Waals surface area contributed by atoms with E-state index in [1.807, 2.05) is 70.2 Å². The molecule has 126 valence electrons. The average Bonchev–Trinajstić information content (AvgIpc) is 2.52. The molecule has 1 unspecified atom stereocenters. The van der Waals surface area contributed by atoms with Crippen LogP contribution >= 0.6 is 0 Å². The number of aryl methyl sites for hydroxylation is 2. The normalized spacial score (nSPS) is 11.9. The van der Waals surface area contributed by atoms with Gasteiger partial charge in [-0.2, -0.15) is 0 Å². The van der Waals surface area contributed by atoms with Crippen molar-refractivity contribution in [1.29, 1.82) is 0 Å². The molecule has 0 fully saturated rings. The first-order valence-electron chi connectivity index (χ1n) is 8.12. The van der Waals surface area contributed by atoms with E-state index in [9.17, 15) is 9.59 Å². The number of nitrogens with one attached hydrogen (secondary N) is 2. The summed E-state index contributed by atoms with van der Waals surface area (Å²) in [4.78, 5) is 25.0. The van der Waals surface area contributed by atoms with E-state index >= 15 is 0 Å². The molecular formula is C20H24N2O2. The monoisotopic (exact) mass is 324 g/mol. The Labute approximate surface area is 143 Å². The maximum atomic E-state index is 12.6. The summed E-state index contributed by atoms with van der Waals surface area (Å²) in [6.07, 6.45) is 0. The van der Waals surface area contributed by atoms with Crippen molar-refractivity contribution in [2.24, 2.45) is 5.92 Å². The Kier molecular flexibility index (Phi) is 5.74. The van der Waals surface area contributed by atoms with Gasteiger partial charge in [-0.1, -0.05) is 43.7 Å². The molecular weight excluding hydrogens is 300 g/mol. The fourth-order valence-corrected chi connectivity index (χ4v) is 2.49. The van der Waals surface area contributed by atoms with Crippen LogP contribution in [0.3, 0.4) is 0 Å². The van der Waals surface area contributed by atoms with Crippen LogP contribution < -0.4 is 10.6 Å². The number of anilines is 1. The number of benzene rings is 2. The van der Waals surface area contributed by atoms with Gasteiger partial charge < -0.3 is 10.6 Å². The zero-order valence-electron chi connectivity index (χ0n) is 14.6. The van der Waals surface area contributed by atoms with Crippen molar-refractivity contribution < 1.29 is 9.59 Å². The highest BCUT2D eigenvalue weighted by Gasteiger charge is 2.24. The van der Waals surface area contributed by atoms with Gasteiger partial charge in [0.1, 0.15) is 6.04 Å². The smallest absolute Gasteiger partial charge is 0.251 e. The standard InChI is InChI=1S/C20H24N2O2/c1-13(2)18(20(24)21-17-10-6-8-15(4)12-17)22-19(23)16-9-5-7-14(3)11-16/h5-13,18H,1-4H3,(H,21,24)(H,22,23). The van der Waals surface area contributed by atoms with Crippen LogP contribution in [0.5, 0.6) is 0 Å². The Hall–Kier alpha value is -2.62. The lowest BCUT2D eigenvalue weighted by atomic mass is 10.0. The summed E-state index contributed by atoms with van der Waals surface area (Å²) in [5, 5.41) is 5.72. The number of hydrogen-bond donors (Lipinski definition) is 2. The molecule has 0 radical (unpaired) electrons. The molecule has 0 saturated carbocycles. The van der Waals surface area contributed by atoms with E-state index in [0.29, 0.717) is 5.56 Å². The van der Waals surface area contributed by atoms with Gasteiger partial charge in [-0.05, 0) is 49.6 Å². The highest BCUT2D eigenvalue weighted by atomic mass is 16.2. The lowest BCUT2D eigenvalue weighted by Crippen LogP contribution is -2.47. The lowest BCUT2D eigenvalue weighted by molar-refractivity contribution is -0.118. The molecule has 0 aliphatic carbocycles. The van der Waals surface area contributed by atoms with Crippen molar-refractivity contribution in [1.82, 2.24) is 5.32 Å². The fraction of sp³-hybridized carbons (Fsp3) is 0.300. The molecule has 0 heterocycles. The Balaban J connectivity index is 2.11. The first-order valence-corrected chi connectivity index (χ1v) is 8.12. The van der Waals surface area contributed by atoms with Crippen LogP contribution in [-0.4, -0.2) is 17.9 Å². The maximum absolute atomic E-state index is 12.6. The molecule has 0 bridgehead atoms. The van der Waals surface area contributed by atoms with Gasteiger partial charge in [-0.15, -0.1) is 0 Å². The van der Waals surface area contributed by atoms with Gasteiger partial charge >= 0.3 is 0 Å². The summed E-state index contributed by atoms with van der Waals surface area (Å²) in [6, 6.07) is 14.3.